The summed E-state index contributed by atoms with van der Waals surface area (Å²) in [4.78, 5) is 19.5. The van der Waals surface area contributed by atoms with Crippen molar-refractivity contribution in [2.75, 3.05) is 25.1 Å². The molecule has 2 aliphatic rings. The van der Waals surface area contributed by atoms with Gasteiger partial charge >= 0.3 is 0 Å². The lowest BCUT2D eigenvalue weighted by Crippen LogP contribution is -2.47. The Labute approximate surface area is 182 Å². The predicted molar refractivity (Wildman–Crippen MR) is 121 cm³/mol. The number of rotatable bonds is 5. The first-order valence-corrected chi connectivity index (χ1v) is 13.2. The topological polar surface area (TPSA) is 75.5 Å². The Morgan fingerprint density at radius 3 is 2.70 bits per heavy atom. The molecule has 7 nitrogen and oxygen atoms in total. The molecule has 0 unspecified atom stereocenters. The van der Waals surface area contributed by atoms with Gasteiger partial charge in [0, 0.05) is 31.5 Å². The van der Waals surface area contributed by atoms with Gasteiger partial charge in [0.1, 0.15) is 5.82 Å². The average Bonchev–Trinajstić information content (AvgIpc) is 3.31. The van der Waals surface area contributed by atoms with E-state index in [1.807, 2.05) is 42.0 Å². The van der Waals surface area contributed by atoms with Crippen molar-refractivity contribution >= 4 is 44.8 Å². The first kappa shape index (κ1) is 21.4. The second-order valence-electron chi connectivity index (χ2n) is 7.99. The Hall–Kier alpha value is -1.84. The summed E-state index contributed by atoms with van der Waals surface area (Å²) in [5.74, 6) is 1.41. The first-order valence-electron chi connectivity index (χ1n) is 10.4. The highest BCUT2D eigenvalue weighted by molar-refractivity contribution is 8.03. The van der Waals surface area contributed by atoms with Crippen molar-refractivity contribution in [1.29, 1.82) is 0 Å². The second kappa shape index (κ2) is 8.72. The van der Waals surface area contributed by atoms with Gasteiger partial charge in [0.2, 0.25) is 15.9 Å². The summed E-state index contributed by atoms with van der Waals surface area (Å²) in [5, 5.41) is 0.829. The van der Waals surface area contributed by atoms with Crippen molar-refractivity contribution in [2.24, 2.45) is 7.05 Å². The Kier molecular flexibility index (Phi) is 6.22. The van der Waals surface area contributed by atoms with Gasteiger partial charge in [-0.05, 0) is 25.0 Å². The van der Waals surface area contributed by atoms with Crippen LogP contribution in [0.4, 0.5) is 0 Å². The zero-order chi connectivity index (χ0) is 21.3. The molecule has 0 spiro atoms. The van der Waals surface area contributed by atoms with Crippen molar-refractivity contribution in [2.45, 2.75) is 38.1 Å². The van der Waals surface area contributed by atoms with Gasteiger partial charge in [-0.15, -0.1) is 11.8 Å². The van der Waals surface area contributed by atoms with Gasteiger partial charge in [0.25, 0.3) is 0 Å². The molecule has 2 heterocycles. The van der Waals surface area contributed by atoms with Gasteiger partial charge < -0.3 is 9.47 Å². The number of para-hydroxylation sites is 2. The highest BCUT2D eigenvalue weighted by atomic mass is 32.2. The van der Waals surface area contributed by atoms with Crippen LogP contribution in [0.15, 0.2) is 29.3 Å². The van der Waals surface area contributed by atoms with E-state index in [0.29, 0.717) is 6.54 Å². The molecular weight excluding hydrogens is 420 g/mol. The standard InChI is InChI=1S/C21H28N4O3S2/c1-23-18-11-7-6-10-17(18)22-19(23)14-21-24(12-13-29-21)20(26)15-25(30(2,27)28)16-8-4-3-5-9-16/h6-7,10-11,14,16H,3-5,8-9,12-13,15H2,1-2H3/b21-14+. The van der Waals surface area contributed by atoms with Crippen LogP contribution >= 0.6 is 11.8 Å². The zero-order valence-electron chi connectivity index (χ0n) is 17.5. The number of thioether (sulfide) groups is 1. The molecule has 4 rings (SSSR count). The number of benzene rings is 1. The normalized spacial score (nSPS) is 20.0. The highest BCUT2D eigenvalue weighted by Gasteiger charge is 2.33. The highest BCUT2D eigenvalue weighted by Crippen LogP contribution is 2.31. The minimum absolute atomic E-state index is 0.0692. The molecule has 30 heavy (non-hydrogen) atoms. The van der Waals surface area contributed by atoms with E-state index in [-0.39, 0.29) is 18.5 Å². The molecule has 162 valence electrons. The van der Waals surface area contributed by atoms with E-state index in [1.54, 1.807) is 16.7 Å². The van der Waals surface area contributed by atoms with E-state index in [4.69, 9.17) is 0 Å². The Balaban J connectivity index is 1.56. The van der Waals surface area contributed by atoms with Crippen LogP contribution in [0.2, 0.25) is 0 Å². The Morgan fingerprint density at radius 1 is 1.27 bits per heavy atom. The first-order chi connectivity index (χ1) is 14.3. The molecule has 0 atom stereocenters. The van der Waals surface area contributed by atoms with Gasteiger partial charge in [-0.1, -0.05) is 31.4 Å². The molecule has 1 aliphatic heterocycles. The number of aromatic nitrogens is 2. The van der Waals surface area contributed by atoms with E-state index in [0.717, 1.165) is 59.7 Å². The van der Waals surface area contributed by atoms with Crippen LogP contribution in [-0.2, 0) is 21.9 Å². The van der Waals surface area contributed by atoms with E-state index in [1.165, 1.54) is 10.6 Å². The molecule has 0 radical (unpaired) electrons. The largest absolute Gasteiger partial charge is 0.328 e. The van der Waals surface area contributed by atoms with Gasteiger partial charge in [-0.25, -0.2) is 13.4 Å². The van der Waals surface area contributed by atoms with Crippen molar-refractivity contribution in [3.8, 4) is 0 Å². The summed E-state index contributed by atoms with van der Waals surface area (Å²) in [6.07, 6.45) is 7.97. The van der Waals surface area contributed by atoms with Gasteiger partial charge in [0.15, 0.2) is 0 Å². The fraction of sp³-hybridized carbons (Fsp3) is 0.524. The molecule has 1 saturated heterocycles. The van der Waals surface area contributed by atoms with Crippen molar-refractivity contribution in [1.82, 2.24) is 18.8 Å². The van der Waals surface area contributed by atoms with E-state index in [9.17, 15) is 13.2 Å². The summed E-state index contributed by atoms with van der Waals surface area (Å²) in [7, 11) is -1.49. The maximum Gasteiger partial charge on any atom is 0.242 e. The van der Waals surface area contributed by atoms with Crippen LogP contribution in [0, 0.1) is 0 Å². The minimum Gasteiger partial charge on any atom is -0.328 e. The van der Waals surface area contributed by atoms with Crippen molar-refractivity contribution in [3.63, 3.8) is 0 Å². The van der Waals surface area contributed by atoms with Gasteiger partial charge in [0.05, 0.1) is 28.9 Å². The number of amides is 1. The monoisotopic (exact) mass is 448 g/mol. The lowest BCUT2D eigenvalue weighted by molar-refractivity contribution is -0.129. The molecule has 9 heteroatoms. The van der Waals surface area contributed by atoms with Crippen LogP contribution in [0.5, 0.6) is 0 Å². The van der Waals surface area contributed by atoms with Crippen LogP contribution in [0.25, 0.3) is 17.1 Å². The van der Waals surface area contributed by atoms with Crippen molar-refractivity contribution in [3.05, 3.63) is 35.1 Å². The smallest absolute Gasteiger partial charge is 0.242 e. The van der Waals surface area contributed by atoms with E-state index >= 15 is 0 Å². The summed E-state index contributed by atoms with van der Waals surface area (Å²) in [5.41, 5.74) is 1.94. The third kappa shape index (κ3) is 4.43. The molecule has 0 N–H and O–H groups in total. The average molecular weight is 449 g/mol. The molecule has 2 aromatic rings. The Bertz CT molecular complexity index is 1070. The molecule has 1 saturated carbocycles. The van der Waals surface area contributed by atoms with Gasteiger partial charge in [-0.3, -0.25) is 4.79 Å². The number of hydrogen-bond acceptors (Lipinski definition) is 5. The fourth-order valence-corrected chi connectivity index (χ4v) is 6.42. The summed E-state index contributed by atoms with van der Waals surface area (Å²) < 4.78 is 28.3. The van der Waals surface area contributed by atoms with Crippen LogP contribution in [0.3, 0.4) is 0 Å². The number of sulfonamides is 1. The summed E-state index contributed by atoms with van der Waals surface area (Å²) >= 11 is 1.61. The maximum atomic E-state index is 13.1. The van der Waals surface area contributed by atoms with Crippen LogP contribution in [0.1, 0.15) is 37.9 Å². The fourth-order valence-electron chi connectivity index (χ4n) is 4.31. The van der Waals surface area contributed by atoms with E-state index in [2.05, 4.69) is 4.98 Å². The minimum atomic E-state index is -3.45. The lowest BCUT2D eigenvalue weighted by Gasteiger charge is -2.33. The molecule has 1 aromatic carbocycles. The summed E-state index contributed by atoms with van der Waals surface area (Å²) in [6.45, 7) is 0.492. The SMILES string of the molecule is Cn1c(/C=C2/SCCN2C(=O)CN(C2CCCCC2)S(C)(=O)=O)nc2ccccc21. The third-order valence-corrected chi connectivity index (χ3v) is 8.21. The number of carbonyl (C=O) groups excluding carboxylic acids is 1. The van der Waals surface area contributed by atoms with Crippen LogP contribution < -0.4 is 0 Å². The molecule has 1 aliphatic carbocycles. The maximum absolute atomic E-state index is 13.1. The molecule has 1 aromatic heterocycles. The second-order valence-corrected chi connectivity index (χ2v) is 11.0. The molecular formula is C21H28N4O3S2. The predicted octanol–water partition coefficient (Wildman–Crippen LogP) is 3.04. The quantitative estimate of drug-likeness (QED) is 0.703. The Morgan fingerprint density at radius 2 is 2.00 bits per heavy atom. The number of fused-ring (bicyclic) bond motifs is 1. The molecule has 2 fully saturated rings. The van der Waals surface area contributed by atoms with Crippen LogP contribution in [-0.4, -0.2) is 64.2 Å². The van der Waals surface area contributed by atoms with E-state index < -0.39 is 10.0 Å². The number of carbonyl (C=O) groups is 1. The zero-order valence-corrected chi connectivity index (χ0v) is 19.1. The number of aryl methyl sites for hydroxylation is 1. The lowest BCUT2D eigenvalue weighted by atomic mass is 9.95. The summed E-state index contributed by atoms with van der Waals surface area (Å²) in [6, 6.07) is 7.85. The number of nitrogens with zero attached hydrogens (tertiary/aromatic N) is 4. The molecule has 0 bridgehead atoms. The number of imidazole rings is 1. The third-order valence-electron chi connectivity index (χ3n) is 5.91. The van der Waals surface area contributed by atoms with Crippen molar-refractivity contribution < 1.29 is 13.2 Å². The molecule has 1 amide bonds. The number of hydrogen-bond donors (Lipinski definition) is 0. The van der Waals surface area contributed by atoms with Gasteiger partial charge in [-0.2, -0.15) is 4.31 Å².